The Morgan fingerprint density at radius 2 is 2.04 bits per heavy atom. The van der Waals surface area contributed by atoms with Gasteiger partial charge in [-0.2, -0.15) is 5.10 Å². The molecule has 1 aromatic carbocycles. The molecule has 0 aliphatic heterocycles. The molecule has 0 bridgehead atoms. The summed E-state index contributed by atoms with van der Waals surface area (Å²) >= 11 is 5.86. The van der Waals surface area contributed by atoms with Gasteiger partial charge in [-0.05, 0) is 37.3 Å². The van der Waals surface area contributed by atoms with E-state index in [9.17, 15) is 0 Å². The first-order valence-corrected chi connectivity index (χ1v) is 7.80. The highest BCUT2D eigenvalue weighted by molar-refractivity contribution is 6.30. The first-order chi connectivity index (χ1) is 11.1. The monoisotopic (exact) mass is 335 g/mol. The van der Waals surface area contributed by atoms with E-state index < -0.39 is 0 Å². The minimum atomic E-state index is -0.00794. The highest BCUT2D eigenvalue weighted by atomic mass is 35.5. The van der Waals surface area contributed by atoms with E-state index in [0.29, 0.717) is 18.1 Å². The molecule has 2 rings (SSSR count). The van der Waals surface area contributed by atoms with Gasteiger partial charge in [0.05, 0.1) is 18.8 Å². The quantitative estimate of drug-likeness (QED) is 0.627. The Morgan fingerprint density at radius 1 is 1.30 bits per heavy atom. The number of benzene rings is 1. The number of aromatic nitrogens is 2. The number of halogens is 1. The predicted molar refractivity (Wildman–Crippen MR) is 93.0 cm³/mol. The number of aryl methyl sites for hydroxylation is 1. The standard InChI is InChI=1S/C16H22ClN5O/c1-12(23-15-6-4-13(17)5-7-15)10-19-16(18-2)20-11-14-8-9-21-22(14)3/h4-9,12H,10-11H2,1-3H3,(H2,18,19,20). The number of ether oxygens (including phenoxy) is 1. The van der Waals surface area contributed by atoms with E-state index in [0.717, 1.165) is 17.4 Å². The van der Waals surface area contributed by atoms with E-state index in [2.05, 4.69) is 20.7 Å². The summed E-state index contributed by atoms with van der Waals surface area (Å²) in [5.41, 5.74) is 1.08. The molecule has 1 unspecified atom stereocenters. The van der Waals surface area contributed by atoms with Gasteiger partial charge in [0.2, 0.25) is 0 Å². The molecule has 1 atom stereocenters. The van der Waals surface area contributed by atoms with Gasteiger partial charge in [0.1, 0.15) is 11.9 Å². The van der Waals surface area contributed by atoms with Gasteiger partial charge in [-0.25, -0.2) is 0 Å². The molecule has 0 aliphatic carbocycles. The van der Waals surface area contributed by atoms with Crippen molar-refractivity contribution in [2.45, 2.75) is 19.6 Å². The molecular formula is C16H22ClN5O. The van der Waals surface area contributed by atoms with Crippen LogP contribution in [0, 0.1) is 0 Å². The normalized spacial score (nSPS) is 12.8. The maximum absolute atomic E-state index is 5.86. The number of aliphatic imine (C=N–C) groups is 1. The molecule has 0 saturated heterocycles. The van der Waals surface area contributed by atoms with E-state index in [1.807, 2.05) is 49.0 Å². The van der Waals surface area contributed by atoms with Crippen molar-refractivity contribution in [3.63, 3.8) is 0 Å². The summed E-state index contributed by atoms with van der Waals surface area (Å²) in [7, 11) is 3.65. The van der Waals surface area contributed by atoms with Crippen LogP contribution in [-0.2, 0) is 13.6 Å². The highest BCUT2D eigenvalue weighted by Crippen LogP contribution is 2.16. The fourth-order valence-corrected chi connectivity index (χ4v) is 2.12. The number of hydrogen-bond donors (Lipinski definition) is 2. The Kier molecular flexibility index (Phi) is 6.29. The Bertz CT molecular complexity index is 638. The first-order valence-electron chi connectivity index (χ1n) is 7.42. The van der Waals surface area contributed by atoms with Crippen LogP contribution < -0.4 is 15.4 Å². The van der Waals surface area contributed by atoms with Gasteiger partial charge in [-0.3, -0.25) is 9.67 Å². The second-order valence-electron chi connectivity index (χ2n) is 5.14. The van der Waals surface area contributed by atoms with Crippen LogP contribution in [0.3, 0.4) is 0 Å². The van der Waals surface area contributed by atoms with E-state index in [1.165, 1.54) is 0 Å². The van der Waals surface area contributed by atoms with Gasteiger partial charge in [-0.15, -0.1) is 0 Å². The number of guanidine groups is 1. The molecule has 1 heterocycles. The molecule has 0 aliphatic rings. The molecular weight excluding hydrogens is 314 g/mol. The molecule has 0 radical (unpaired) electrons. The Balaban J connectivity index is 1.76. The number of hydrogen-bond acceptors (Lipinski definition) is 3. The Morgan fingerprint density at radius 3 is 2.65 bits per heavy atom. The topological polar surface area (TPSA) is 63.5 Å². The zero-order chi connectivity index (χ0) is 16.7. The zero-order valence-corrected chi connectivity index (χ0v) is 14.3. The lowest BCUT2D eigenvalue weighted by Crippen LogP contribution is -2.41. The largest absolute Gasteiger partial charge is 0.489 e. The van der Waals surface area contributed by atoms with Gasteiger partial charge in [-0.1, -0.05) is 11.6 Å². The van der Waals surface area contributed by atoms with Crippen molar-refractivity contribution in [1.82, 2.24) is 20.4 Å². The van der Waals surface area contributed by atoms with Crippen LogP contribution in [0.2, 0.25) is 5.02 Å². The van der Waals surface area contributed by atoms with Crippen LogP contribution in [0.5, 0.6) is 5.75 Å². The molecule has 7 heteroatoms. The third-order valence-electron chi connectivity index (χ3n) is 3.29. The summed E-state index contributed by atoms with van der Waals surface area (Å²) in [5, 5.41) is 11.3. The summed E-state index contributed by atoms with van der Waals surface area (Å²) < 4.78 is 7.64. The third-order valence-corrected chi connectivity index (χ3v) is 3.54. The van der Waals surface area contributed by atoms with Gasteiger partial charge >= 0.3 is 0 Å². The van der Waals surface area contributed by atoms with Crippen molar-refractivity contribution in [2.75, 3.05) is 13.6 Å². The van der Waals surface area contributed by atoms with Crippen LogP contribution in [0.15, 0.2) is 41.5 Å². The number of rotatable bonds is 6. The lowest BCUT2D eigenvalue weighted by molar-refractivity contribution is 0.224. The Hall–Kier alpha value is -2.21. The molecule has 23 heavy (non-hydrogen) atoms. The number of nitrogens with one attached hydrogen (secondary N) is 2. The maximum Gasteiger partial charge on any atom is 0.191 e. The van der Waals surface area contributed by atoms with Crippen LogP contribution in [-0.4, -0.2) is 35.4 Å². The van der Waals surface area contributed by atoms with Gasteiger partial charge in [0.15, 0.2) is 5.96 Å². The maximum atomic E-state index is 5.86. The van der Waals surface area contributed by atoms with E-state index in [4.69, 9.17) is 16.3 Å². The second-order valence-corrected chi connectivity index (χ2v) is 5.57. The van der Waals surface area contributed by atoms with Crippen LogP contribution in [0.1, 0.15) is 12.6 Å². The van der Waals surface area contributed by atoms with Crippen molar-refractivity contribution >= 4 is 17.6 Å². The fourth-order valence-electron chi connectivity index (χ4n) is 2.00. The van der Waals surface area contributed by atoms with Gasteiger partial charge in [0, 0.05) is 25.3 Å². The van der Waals surface area contributed by atoms with Crippen molar-refractivity contribution in [3.05, 3.63) is 47.2 Å². The molecule has 0 amide bonds. The first kappa shape index (κ1) is 17.1. The average Bonchev–Trinajstić information content (AvgIpc) is 2.95. The van der Waals surface area contributed by atoms with Crippen molar-refractivity contribution in [1.29, 1.82) is 0 Å². The summed E-state index contributed by atoms with van der Waals surface area (Å²) in [4.78, 5) is 4.20. The summed E-state index contributed by atoms with van der Waals surface area (Å²) in [6.45, 7) is 3.28. The second kappa shape index (κ2) is 8.43. The SMILES string of the molecule is CN=C(NCc1ccnn1C)NCC(C)Oc1ccc(Cl)cc1. The Labute approximate surface area is 141 Å². The summed E-state index contributed by atoms with van der Waals surface area (Å²) in [6.07, 6.45) is 1.77. The highest BCUT2D eigenvalue weighted by Gasteiger charge is 2.06. The smallest absolute Gasteiger partial charge is 0.191 e. The lowest BCUT2D eigenvalue weighted by Gasteiger charge is -2.17. The molecule has 0 fully saturated rings. The molecule has 1 aromatic heterocycles. The van der Waals surface area contributed by atoms with E-state index in [1.54, 1.807) is 13.2 Å². The minimum absolute atomic E-state index is 0.00794. The molecule has 6 nitrogen and oxygen atoms in total. The summed E-state index contributed by atoms with van der Waals surface area (Å²) in [6, 6.07) is 9.30. The van der Waals surface area contributed by atoms with Crippen molar-refractivity contribution in [2.24, 2.45) is 12.0 Å². The predicted octanol–water partition coefficient (Wildman–Crippen LogP) is 2.21. The number of nitrogens with zero attached hydrogens (tertiary/aromatic N) is 3. The fraction of sp³-hybridized carbons (Fsp3) is 0.375. The van der Waals surface area contributed by atoms with E-state index >= 15 is 0 Å². The van der Waals surface area contributed by atoms with Crippen LogP contribution >= 0.6 is 11.6 Å². The molecule has 2 aromatic rings. The van der Waals surface area contributed by atoms with Gasteiger partial charge in [0.25, 0.3) is 0 Å². The molecule has 0 spiro atoms. The van der Waals surface area contributed by atoms with Crippen molar-refractivity contribution in [3.8, 4) is 5.75 Å². The molecule has 0 saturated carbocycles. The van der Waals surface area contributed by atoms with E-state index in [-0.39, 0.29) is 6.10 Å². The van der Waals surface area contributed by atoms with Crippen LogP contribution in [0.4, 0.5) is 0 Å². The van der Waals surface area contributed by atoms with Crippen LogP contribution in [0.25, 0.3) is 0 Å². The van der Waals surface area contributed by atoms with Crippen molar-refractivity contribution < 1.29 is 4.74 Å². The zero-order valence-electron chi connectivity index (χ0n) is 13.6. The van der Waals surface area contributed by atoms with Gasteiger partial charge < -0.3 is 15.4 Å². The minimum Gasteiger partial charge on any atom is -0.489 e. The average molecular weight is 336 g/mol. The third kappa shape index (κ3) is 5.49. The molecule has 124 valence electrons. The summed E-state index contributed by atoms with van der Waals surface area (Å²) in [5.74, 6) is 1.51. The lowest BCUT2D eigenvalue weighted by atomic mass is 10.3. The molecule has 2 N–H and O–H groups in total.